The molecule has 1 heterocycles. The lowest BCUT2D eigenvalue weighted by molar-refractivity contribution is 0.282. The summed E-state index contributed by atoms with van der Waals surface area (Å²) in [7, 11) is 1.72. The van der Waals surface area contributed by atoms with Gasteiger partial charge in [0.15, 0.2) is 0 Å². The second kappa shape index (κ2) is 5.55. The molecule has 0 aliphatic carbocycles. The third-order valence-corrected chi connectivity index (χ3v) is 3.33. The summed E-state index contributed by atoms with van der Waals surface area (Å²) in [6.07, 6.45) is 3.81. The highest BCUT2D eigenvalue weighted by molar-refractivity contribution is 5.85. The molecule has 0 bridgehead atoms. The van der Waals surface area contributed by atoms with E-state index in [1.807, 2.05) is 6.07 Å². The number of hydrogen-bond donors (Lipinski definition) is 1. The van der Waals surface area contributed by atoms with Gasteiger partial charge in [-0.15, -0.1) is 12.4 Å². The molecule has 0 aromatic heterocycles. The van der Waals surface area contributed by atoms with E-state index in [-0.39, 0.29) is 17.9 Å². The van der Waals surface area contributed by atoms with Crippen molar-refractivity contribution in [3.8, 4) is 5.75 Å². The third kappa shape index (κ3) is 2.69. The van der Waals surface area contributed by atoms with Gasteiger partial charge in [0.2, 0.25) is 0 Å². The first-order valence-corrected chi connectivity index (χ1v) is 5.64. The van der Waals surface area contributed by atoms with Crippen molar-refractivity contribution < 1.29 is 4.74 Å². The van der Waals surface area contributed by atoms with Crippen LogP contribution < -0.4 is 10.1 Å². The smallest absolute Gasteiger partial charge is 0.119 e. The first-order valence-electron chi connectivity index (χ1n) is 5.64. The Morgan fingerprint density at radius 3 is 2.75 bits per heavy atom. The topological polar surface area (TPSA) is 21.3 Å². The van der Waals surface area contributed by atoms with E-state index in [0.717, 1.165) is 12.3 Å². The van der Waals surface area contributed by atoms with Gasteiger partial charge in [-0.1, -0.05) is 18.6 Å². The molecule has 0 saturated carbocycles. The molecule has 90 valence electrons. The van der Waals surface area contributed by atoms with Gasteiger partial charge in [0, 0.05) is 5.54 Å². The van der Waals surface area contributed by atoms with Gasteiger partial charge in [0.05, 0.1) is 7.11 Å². The van der Waals surface area contributed by atoms with Crippen molar-refractivity contribution in [2.24, 2.45) is 0 Å². The van der Waals surface area contributed by atoms with E-state index in [0.29, 0.717) is 0 Å². The van der Waals surface area contributed by atoms with Crippen molar-refractivity contribution >= 4 is 12.4 Å². The van der Waals surface area contributed by atoms with Gasteiger partial charge in [-0.05, 0) is 44.0 Å². The molecule has 1 saturated heterocycles. The predicted octanol–water partition coefficient (Wildman–Crippen LogP) is 3.11. The summed E-state index contributed by atoms with van der Waals surface area (Å²) in [6, 6.07) is 8.38. The quantitative estimate of drug-likeness (QED) is 0.859. The Hall–Kier alpha value is -0.730. The summed E-state index contributed by atoms with van der Waals surface area (Å²) in [4.78, 5) is 0. The van der Waals surface area contributed by atoms with Crippen LogP contribution in [0.3, 0.4) is 0 Å². The van der Waals surface area contributed by atoms with Crippen molar-refractivity contribution in [2.75, 3.05) is 13.7 Å². The fourth-order valence-electron chi connectivity index (χ4n) is 2.27. The zero-order chi connectivity index (χ0) is 10.7. The third-order valence-electron chi connectivity index (χ3n) is 3.33. The Kier molecular flexibility index (Phi) is 4.63. The van der Waals surface area contributed by atoms with Gasteiger partial charge in [0.1, 0.15) is 5.75 Å². The van der Waals surface area contributed by atoms with Crippen LogP contribution in [0.5, 0.6) is 5.75 Å². The van der Waals surface area contributed by atoms with E-state index in [1.165, 1.54) is 24.8 Å². The van der Waals surface area contributed by atoms with Crippen molar-refractivity contribution in [1.82, 2.24) is 5.32 Å². The maximum atomic E-state index is 5.26. The first-order chi connectivity index (χ1) is 7.24. The molecule has 1 unspecified atom stereocenters. The van der Waals surface area contributed by atoms with Crippen LogP contribution in [0.4, 0.5) is 0 Å². The standard InChI is InChI=1S/C13H19NO.ClH/c1-13(8-3-4-9-14-13)11-6-5-7-12(10-11)15-2;/h5-7,10,14H,3-4,8-9H2,1-2H3;1H. The SMILES string of the molecule is COc1cccc(C2(C)CCCCN2)c1.Cl. The number of rotatable bonds is 2. The fraction of sp³-hybridized carbons (Fsp3) is 0.538. The predicted molar refractivity (Wildman–Crippen MR) is 69.4 cm³/mol. The fourth-order valence-corrected chi connectivity index (χ4v) is 2.27. The Morgan fingerprint density at radius 1 is 1.31 bits per heavy atom. The van der Waals surface area contributed by atoms with Gasteiger partial charge in [0.25, 0.3) is 0 Å². The summed E-state index contributed by atoms with van der Waals surface area (Å²) in [6.45, 7) is 3.40. The normalized spacial score (nSPS) is 24.6. The molecule has 1 N–H and O–H groups in total. The van der Waals surface area contributed by atoms with Crippen LogP contribution in [0.15, 0.2) is 24.3 Å². The highest BCUT2D eigenvalue weighted by Gasteiger charge is 2.28. The van der Waals surface area contributed by atoms with Crippen LogP contribution >= 0.6 is 12.4 Å². The minimum absolute atomic E-state index is 0. The van der Waals surface area contributed by atoms with E-state index in [1.54, 1.807) is 7.11 Å². The number of piperidine rings is 1. The molecule has 1 aliphatic heterocycles. The summed E-state index contributed by atoms with van der Waals surface area (Å²) in [5.41, 5.74) is 1.47. The summed E-state index contributed by atoms with van der Waals surface area (Å²) >= 11 is 0. The summed E-state index contributed by atoms with van der Waals surface area (Å²) < 4.78 is 5.26. The molecule has 1 aromatic rings. The molecule has 16 heavy (non-hydrogen) atoms. The highest BCUT2D eigenvalue weighted by Crippen LogP contribution is 2.31. The number of halogens is 1. The van der Waals surface area contributed by atoms with Crippen LogP contribution in [0.25, 0.3) is 0 Å². The molecule has 2 nitrogen and oxygen atoms in total. The summed E-state index contributed by atoms with van der Waals surface area (Å²) in [5, 5.41) is 3.61. The van der Waals surface area contributed by atoms with Gasteiger partial charge >= 0.3 is 0 Å². The van der Waals surface area contributed by atoms with E-state index >= 15 is 0 Å². The first kappa shape index (κ1) is 13.3. The molecule has 1 aromatic carbocycles. The largest absolute Gasteiger partial charge is 0.497 e. The Balaban J connectivity index is 0.00000128. The minimum atomic E-state index is 0. The lowest BCUT2D eigenvalue weighted by Crippen LogP contribution is -2.43. The van der Waals surface area contributed by atoms with Gasteiger partial charge in [-0.25, -0.2) is 0 Å². The van der Waals surface area contributed by atoms with Crippen LogP contribution in [0.1, 0.15) is 31.7 Å². The van der Waals surface area contributed by atoms with Crippen molar-refractivity contribution in [1.29, 1.82) is 0 Å². The number of methoxy groups -OCH3 is 1. The van der Waals surface area contributed by atoms with Crippen LogP contribution in [-0.4, -0.2) is 13.7 Å². The molecule has 1 atom stereocenters. The maximum absolute atomic E-state index is 5.26. The molecule has 1 fully saturated rings. The zero-order valence-electron chi connectivity index (χ0n) is 9.95. The van der Waals surface area contributed by atoms with Crippen molar-refractivity contribution in [3.63, 3.8) is 0 Å². The summed E-state index contributed by atoms with van der Waals surface area (Å²) in [5.74, 6) is 0.945. The van der Waals surface area contributed by atoms with Crippen LogP contribution in [0, 0.1) is 0 Å². The number of ether oxygens (including phenoxy) is 1. The van der Waals surface area contributed by atoms with E-state index < -0.39 is 0 Å². The minimum Gasteiger partial charge on any atom is -0.497 e. The molecule has 0 spiro atoms. The zero-order valence-corrected chi connectivity index (χ0v) is 10.8. The van der Waals surface area contributed by atoms with Crippen molar-refractivity contribution in [2.45, 2.75) is 31.7 Å². The Bertz CT molecular complexity index is 334. The molecular formula is C13H20ClNO. The molecule has 0 radical (unpaired) electrons. The highest BCUT2D eigenvalue weighted by atomic mass is 35.5. The van der Waals surface area contributed by atoms with Gasteiger partial charge in [-0.2, -0.15) is 0 Å². The molecule has 1 aliphatic rings. The van der Waals surface area contributed by atoms with Gasteiger partial charge < -0.3 is 10.1 Å². The number of benzene rings is 1. The lowest BCUT2D eigenvalue weighted by atomic mass is 9.84. The molecular weight excluding hydrogens is 222 g/mol. The maximum Gasteiger partial charge on any atom is 0.119 e. The average Bonchev–Trinajstić information content (AvgIpc) is 2.30. The Morgan fingerprint density at radius 2 is 2.12 bits per heavy atom. The van der Waals surface area contributed by atoms with Crippen LogP contribution in [0.2, 0.25) is 0 Å². The lowest BCUT2D eigenvalue weighted by Gasteiger charge is -2.35. The van der Waals surface area contributed by atoms with E-state index in [2.05, 4.69) is 30.4 Å². The molecule has 3 heteroatoms. The molecule has 2 rings (SSSR count). The van der Waals surface area contributed by atoms with E-state index in [9.17, 15) is 0 Å². The average molecular weight is 242 g/mol. The Labute approximate surface area is 104 Å². The second-order valence-electron chi connectivity index (χ2n) is 4.45. The number of nitrogens with one attached hydrogen (secondary N) is 1. The van der Waals surface area contributed by atoms with E-state index in [4.69, 9.17) is 4.74 Å². The van der Waals surface area contributed by atoms with Crippen molar-refractivity contribution in [3.05, 3.63) is 29.8 Å². The van der Waals surface area contributed by atoms with Crippen LogP contribution in [-0.2, 0) is 5.54 Å². The monoisotopic (exact) mass is 241 g/mol. The molecule has 0 amide bonds. The van der Waals surface area contributed by atoms with Gasteiger partial charge in [-0.3, -0.25) is 0 Å². The second-order valence-corrected chi connectivity index (χ2v) is 4.45. The number of hydrogen-bond acceptors (Lipinski definition) is 2.